The Hall–Kier alpha value is 0.440. The third-order valence-electron chi connectivity index (χ3n) is 1.24. The van der Waals surface area contributed by atoms with Gasteiger partial charge in [0.15, 0.2) is 0 Å². The number of aliphatic hydroxyl groups is 1. The summed E-state index contributed by atoms with van der Waals surface area (Å²) in [7, 11) is 0. The van der Waals surface area contributed by atoms with Gasteiger partial charge in [-0.3, -0.25) is 0 Å². The van der Waals surface area contributed by atoms with Crippen LogP contribution in [0.1, 0.15) is 8.42 Å². The van der Waals surface area contributed by atoms with Crippen molar-refractivity contribution in [2.45, 2.75) is 6.42 Å². The van der Waals surface area contributed by atoms with Crippen molar-refractivity contribution in [1.29, 1.82) is 0 Å². The van der Waals surface area contributed by atoms with Gasteiger partial charge in [0, 0.05) is 6.61 Å². The van der Waals surface area contributed by atoms with Crippen LogP contribution >= 0.6 is 0 Å². The maximum atomic E-state index is 8.52. The van der Waals surface area contributed by atoms with Crippen molar-refractivity contribution in [2.75, 3.05) is 6.61 Å². The first-order valence-corrected chi connectivity index (χ1v) is 3.08. The first kappa shape index (κ1) is 10.4. The van der Waals surface area contributed by atoms with Crippen LogP contribution in [-0.4, -0.2) is 49.5 Å². The Labute approximate surface area is 94.0 Å². The Balaban J connectivity index is -0.000000270. The fourth-order valence-corrected chi connectivity index (χ4v) is 0.774. The Bertz CT molecular complexity index is 170. The summed E-state index contributed by atoms with van der Waals surface area (Å²) in [5.41, 5.74) is 1.19. The van der Waals surface area contributed by atoms with Crippen LogP contribution in [0.4, 0.5) is 0 Å². The zero-order chi connectivity index (χ0) is 6.53. The van der Waals surface area contributed by atoms with Crippen LogP contribution in [0.5, 0.6) is 0 Å². The van der Waals surface area contributed by atoms with Gasteiger partial charge >= 0.3 is 37.7 Å². The van der Waals surface area contributed by atoms with E-state index in [2.05, 4.69) is 0 Å². The summed E-state index contributed by atoms with van der Waals surface area (Å²) >= 11 is 0. The molecule has 10 heavy (non-hydrogen) atoms. The summed E-state index contributed by atoms with van der Waals surface area (Å²) in [6.45, 7) is 0.240. The molecule has 1 rings (SSSR count). The monoisotopic (exact) mass is 164 g/mol. The predicted molar refractivity (Wildman–Crippen MR) is 45.2 cm³/mol. The normalized spacial score (nSPS) is 8.50. The molecule has 0 bridgehead atoms. The first-order chi connectivity index (χ1) is 4.43. The van der Waals surface area contributed by atoms with Gasteiger partial charge in [-0.25, -0.2) is 0 Å². The Morgan fingerprint density at radius 2 is 1.80 bits per heavy atom. The van der Waals surface area contributed by atoms with E-state index in [-0.39, 0.29) is 47.2 Å². The van der Waals surface area contributed by atoms with Crippen LogP contribution in [-0.2, 0) is 6.42 Å². The molecule has 0 saturated heterocycles. The van der Waals surface area contributed by atoms with Crippen LogP contribution in [0.3, 0.4) is 0 Å². The van der Waals surface area contributed by atoms with Crippen molar-refractivity contribution >= 4 is 37.7 Å². The van der Waals surface area contributed by atoms with Crippen LogP contribution in [0.15, 0.2) is 30.3 Å². The second-order valence-corrected chi connectivity index (χ2v) is 1.96. The molecule has 0 spiro atoms. The first-order valence-electron chi connectivity index (χ1n) is 3.08. The van der Waals surface area contributed by atoms with E-state index in [0.29, 0.717) is 0 Å². The molecule has 0 radical (unpaired) electrons. The quantitative estimate of drug-likeness (QED) is 0.648. The summed E-state index contributed by atoms with van der Waals surface area (Å²) in [6.07, 6.45) is 0.765. The maximum Gasteiger partial charge on any atom is 2.00 e. The van der Waals surface area contributed by atoms with Gasteiger partial charge in [-0.15, -0.1) is 0 Å². The molecule has 1 aromatic carbocycles. The average molecular weight is 164 g/mol. The van der Waals surface area contributed by atoms with E-state index < -0.39 is 0 Å². The summed E-state index contributed by atoms with van der Waals surface area (Å²) in [5.74, 6) is 0. The fourth-order valence-electron chi connectivity index (χ4n) is 0.774. The van der Waals surface area contributed by atoms with Crippen molar-refractivity contribution in [1.82, 2.24) is 0 Å². The number of benzene rings is 1. The van der Waals surface area contributed by atoms with Gasteiger partial charge in [-0.2, -0.15) is 0 Å². The average Bonchev–Trinajstić information content (AvgIpc) is 1.91. The second-order valence-electron chi connectivity index (χ2n) is 1.96. The molecular weight excluding hydrogens is 152 g/mol. The second kappa shape index (κ2) is 6.17. The molecule has 0 amide bonds. The van der Waals surface area contributed by atoms with E-state index in [4.69, 9.17) is 5.11 Å². The Morgan fingerprint density at radius 3 is 2.30 bits per heavy atom. The van der Waals surface area contributed by atoms with Crippen LogP contribution in [0.2, 0.25) is 0 Å². The summed E-state index contributed by atoms with van der Waals surface area (Å²) in [5, 5.41) is 8.52. The zero-order valence-corrected chi connectivity index (χ0v) is 8.16. The molecule has 0 unspecified atom stereocenters. The van der Waals surface area contributed by atoms with E-state index in [1.54, 1.807) is 0 Å². The molecular formula is C8H12CaO. The third-order valence-corrected chi connectivity index (χ3v) is 1.24. The van der Waals surface area contributed by atoms with Crippen LogP contribution < -0.4 is 0 Å². The van der Waals surface area contributed by atoms with E-state index in [1.165, 1.54) is 5.56 Å². The molecule has 1 N–H and O–H groups in total. The molecule has 0 atom stereocenters. The van der Waals surface area contributed by atoms with E-state index in [0.717, 1.165) is 6.42 Å². The molecule has 52 valence electrons. The van der Waals surface area contributed by atoms with Crippen LogP contribution in [0.25, 0.3) is 0 Å². The van der Waals surface area contributed by atoms with Crippen LogP contribution in [0, 0.1) is 0 Å². The standard InChI is InChI=1S/C8H10O.Ca.2H/c9-7-6-8-4-2-1-3-5-8;;;/h1-5,9H,6-7H2;;;/q;+2;2*-1. The molecule has 0 aliphatic rings. The molecule has 0 aliphatic carbocycles. The minimum atomic E-state index is 0. The van der Waals surface area contributed by atoms with Gasteiger partial charge in [0.25, 0.3) is 0 Å². The molecule has 0 aromatic heterocycles. The van der Waals surface area contributed by atoms with Crippen molar-refractivity contribution in [2.24, 2.45) is 0 Å². The predicted octanol–water partition coefficient (Wildman–Crippen LogP) is 1.07. The Kier molecular flexibility index (Phi) is 6.44. The van der Waals surface area contributed by atoms with Crippen molar-refractivity contribution in [3.05, 3.63) is 35.9 Å². The smallest absolute Gasteiger partial charge is 1.00 e. The van der Waals surface area contributed by atoms with Gasteiger partial charge in [0.1, 0.15) is 0 Å². The van der Waals surface area contributed by atoms with Gasteiger partial charge < -0.3 is 7.96 Å². The molecule has 1 aromatic rings. The van der Waals surface area contributed by atoms with Crippen molar-refractivity contribution < 1.29 is 7.96 Å². The van der Waals surface area contributed by atoms with Gasteiger partial charge in [0.05, 0.1) is 0 Å². The van der Waals surface area contributed by atoms with E-state index >= 15 is 0 Å². The van der Waals surface area contributed by atoms with Gasteiger partial charge in [-0.1, -0.05) is 30.3 Å². The summed E-state index contributed by atoms with van der Waals surface area (Å²) in [4.78, 5) is 0. The third kappa shape index (κ3) is 3.57. The summed E-state index contributed by atoms with van der Waals surface area (Å²) in [6, 6.07) is 9.95. The van der Waals surface area contributed by atoms with Gasteiger partial charge in [-0.05, 0) is 12.0 Å². The molecule has 1 nitrogen and oxygen atoms in total. The molecule has 0 saturated carbocycles. The Morgan fingerprint density at radius 1 is 1.20 bits per heavy atom. The van der Waals surface area contributed by atoms with Gasteiger partial charge in [0.2, 0.25) is 0 Å². The number of aliphatic hydroxyl groups excluding tert-OH is 1. The number of hydrogen-bond donors (Lipinski definition) is 1. The fraction of sp³-hybridized carbons (Fsp3) is 0.250. The van der Waals surface area contributed by atoms with Crippen molar-refractivity contribution in [3.63, 3.8) is 0 Å². The zero-order valence-electron chi connectivity index (χ0n) is 7.96. The SMILES string of the molecule is OCCc1ccccc1.[Ca+2].[H-].[H-]. The molecule has 0 fully saturated rings. The minimum Gasteiger partial charge on any atom is -1.00 e. The minimum absolute atomic E-state index is 0. The topological polar surface area (TPSA) is 20.2 Å². The number of rotatable bonds is 2. The van der Waals surface area contributed by atoms with E-state index in [9.17, 15) is 0 Å². The molecule has 2 heteroatoms. The molecule has 0 aliphatic heterocycles. The number of hydrogen-bond acceptors (Lipinski definition) is 1. The largest absolute Gasteiger partial charge is 2.00 e. The maximum absolute atomic E-state index is 8.52. The van der Waals surface area contributed by atoms with E-state index in [1.807, 2.05) is 30.3 Å². The summed E-state index contributed by atoms with van der Waals surface area (Å²) < 4.78 is 0. The van der Waals surface area contributed by atoms with Crippen molar-refractivity contribution in [3.8, 4) is 0 Å². The molecule has 0 heterocycles.